The van der Waals surface area contributed by atoms with Crippen molar-refractivity contribution in [3.63, 3.8) is 0 Å². The minimum Gasteiger partial charge on any atom is -0.357 e. The number of alkyl halides is 3. The highest BCUT2D eigenvalue weighted by Crippen LogP contribution is 2.22. The van der Waals surface area contributed by atoms with Crippen molar-refractivity contribution in [1.82, 2.24) is 15.5 Å². The third kappa shape index (κ3) is 8.11. The van der Waals surface area contributed by atoms with E-state index in [1.54, 1.807) is 0 Å². The Morgan fingerprint density at radius 3 is 2.65 bits per heavy atom. The molecule has 8 heteroatoms. The molecule has 4 nitrogen and oxygen atoms in total. The zero-order valence-electron chi connectivity index (χ0n) is 15.3. The van der Waals surface area contributed by atoms with Crippen LogP contribution in [-0.2, 0) is 6.54 Å². The molecule has 0 amide bonds. The van der Waals surface area contributed by atoms with Gasteiger partial charge in [0.25, 0.3) is 0 Å². The van der Waals surface area contributed by atoms with Gasteiger partial charge in [-0.2, -0.15) is 13.2 Å². The summed E-state index contributed by atoms with van der Waals surface area (Å²) in [7, 11) is 0. The molecule has 148 valence electrons. The Kier molecular flexibility index (Phi) is 9.70. The van der Waals surface area contributed by atoms with E-state index >= 15 is 0 Å². The summed E-state index contributed by atoms with van der Waals surface area (Å²) < 4.78 is 37.4. The lowest BCUT2D eigenvalue weighted by Gasteiger charge is -2.18. The molecule has 2 N–H and O–H groups in total. The van der Waals surface area contributed by atoms with Gasteiger partial charge in [-0.1, -0.05) is 24.3 Å². The molecule has 0 aromatic heterocycles. The lowest BCUT2D eigenvalue weighted by Crippen LogP contribution is -2.40. The second-order valence-electron chi connectivity index (χ2n) is 6.51. The number of rotatable bonds is 6. The highest BCUT2D eigenvalue weighted by Gasteiger charge is 2.34. The summed E-state index contributed by atoms with van der Waals surface area (Å²) in [6.45, 7) is 6.16. The standard InChI is InChI=1S/C18H27F3N4.HI/c1-3-22-17(24-11-16-7-5-4-6-14(16)2)23-10-15-8-9-25(12-15)13-18(19,20)21;/h4-7,15H,3,8-13H2,1-2H3,(H2,22,23,24);1H. The van der Waals surface area contributed by atoms with Gasteiger partial charge in [-0.15, -0.1) is 24.0 Å². The van der Waals surface area contributed by atoms with Crippen LogP contribution in [-0.4, -0.2) is 49.8 Å². The van der Waals surface area contributed by atoms with Gasteiger partial charge in [0, 0.05) is 19.6 Å². The molecule has 1 heterocycles. The van der Waals surface area contributed by atoms with Gasteiger partial charge in [-0.3, -0.25) is 4.90 Å². The minimum absolute atomic E-state index is 0. The quantitative estimate of drug-likeness (QED) is 0.369. The molecule has 2 rings (SSSR count). The van der Waals surface area contributed by atoms with Crippen molar-refractivity contribution in [3.05, 3.63) is 35.4 Å². The fraction of sp³-hybridized carbons (Fsp3) is 0.611. The van der Waals surface area contributed by atoms with E-state index in [1.807, 2.05) is 25.1 Å². The first kappa shape index (κ1) is 23.0. The number of likely N-dealkylation sites (tertiary alicyclic amines) is 1. The van der Waals surface area contributed by atoms with Crippen LogP contribution >= 0.6 is 24.0 Å². The van der Waals surface area contributed by atoms with Crippen LogP contribution in [0.1, 0.15) is 24.5 Å². The number of halogens is 4. The van der Waals surface area contributed by atoms with E-state index in [1.165, 1.54) is 10.5 Å². The van der Waals surface area contributed by atoms with Crippen molar-refractivity contribution >= 4 is 29.9 Å². The van der Waals surface area contributed by atoms with E-state index in [2.05, 4.69) is 28.6 Å². The van der Waals surface area contributed by atoms with Crippen molar-refractivity contribution in [1.29, 1.82) is 0 Å². The van der Waals surface area contributed by atoms with Crippen LogP contribution in [0.15, 0.2) is 29.3 Å². The second-order valence-corrected chi connectivity index (χ2v) is 6.51. The highest BCUT2D eigenvalue weighted by atomic mass is 127. The second kappa shape index (κ2) is 11.0. The summed E-state index contributed by atoms with van der Waals surface area (Å²) in [5.41, 5.74) is 2.36. The summed E-state index contributed by atoms with van der Waals surface area (Å²) >= 11 is 0. The maximum atomic E-state index is 12.5. The molecule has 26 heavy (non-hydrogen) atoms. The largest absolute Gasteiger partial charge is 0.401 e. The third-order valence-electron chi connectivity index (χ3n) is 4.34. The fourth-order valence-corrected chi connectivity index (χ4v) is 3.01. The van der Waals surface area contributed by atoms with E-state index < -0.39 is 12.7 Å². The van der Waals surface area contributed by atoms with Crippen molar-refractivity contribution in [2.24, 2.45) is 10.9 Å². The monoisotopic (exact) mass is 484 g/mol. The number of nitrogens with one attached hydrogen (secondary N) is 2. The van der Waals surface area contributed by atoms with Crippen molar-refractivity contribution in [2.75, 3.05) is 32.7 Å². The number of aryl methyl sites for hydroxylation is 1. The fourth-order valence-electron chi connectivity index (χ4n) is 3.01. The number of hydrogen-bond acceptors (Lipinski definition) is 2. The first-order valence-electron chi connectivity index (χ1n) is 8.73. The number of nitrogens with zero attached hydrogens (tertiary/aromatic N) is 2. The molecule has 0 spiro atoms. The zero-order chi connectivity index (χ0) is 18.3. The average Bonchev–Trinajstić information content (AvgIpc) is 2.97. The van der Waals surface area contributed by atoms with Crippen LogP contribution in [0.5, 0.6) is 0 Å². The van der Waals surface area contributed by atoms with Gasteiger partial charge in [0.15, 0.2) is 5.96 Å². The first-order valence-corrected chi connectivity index (χ1v) is 8.73. The Labute approximate surface area is 170 Å². The summed E-state index contributed by atoms with van der Waals surface area (Å²) in [5, 5.41) is 6.46. The third-order valence-corrected chi connectivity index (χ3v) is 4.34. The summed E-state index contributed by atoms with van der Waals surface area (Å²) in [6.07, 6.45) is -3.34. The minimum atomic E-state index is -4.12. The molecule has 1 aromatic carbocycles. The predicted molar refractivity (Wildman–Crippen MR) is 110 cm³/mol. The van der Waals surface area contributed by atoms with E-state index in [0.29, 0.717) is 32.1 Å². The lowest BCUT2D eigenvalue weighted by molar-refractivity contribution is -0.143. The number of guanidine groups is 1. The Morgan fingerprint density at radius 1 is 1.27 bits per heavy atom. The molecule has 1 atom stereocenters. The topological polar surface area (TPSA) is 39.7 Å². The van der Waals surface area contributed by atoms with Gasteiger partial charge in [-0.25, -0.2) is 4.99 Å². The zero-order valence-corrected chi connectivity index (χ0v) is 17.6. The van der Waals surface area contributed by atoms with Crippen LogP contribution in [0, 0.1) is 12.8 Å². The van der Waals surface area contributed by atoms with Gasteiger partial charge >= 0.3 is 6.18 Å². The Bertz CT molecular complexity index is 578. The lowest BCUT2D eigenvalue weighted by atomic mass is 10.1. The van der Waals surface area contributed by atoms with E-state index in [9.17, 15) is 13.2 Å². The van der Waals surface area contributed by atoms with E-state index in [4.69, 9.17) is 0 Å². The maximum Gasteiger partial charge on any atom is 0.401 e. The van der Waals surface area contributed by atoms with Gasteiger partial charge in [0.1, 0.15) is 0 Å². The molecular formula is C18H28F3IN4. The van der Waals surface area contributed by atoms with Crippen LogP contribution < -0.4 is 10.6 Å². The molecule has 1 fully saturated rings. The SMILES string of the molecule is CCNC(=NCc1ccccc1C)NCC1CCN(CC(F)(F)F)C1.I. The molecule has 1 aliphatic rings. The molecule has 1 unspecified atom stereocenters. The van der Waals surface area contributed by atoms with E-state index in [0.717, 1.165) is 18.5 Å². The van der Waals surface area contributed by atoms with Crippen LogP contribution in [0.3, 0.4) is 0 Å². The summed E-state index contributed by atoms with van der Waals surface area (Å²) in [6, 6.07) is 8.10. The smallest absolute Gasteiger partial charge is 0.357 e. The molecule has 1 saturated heterocycles. The molecule has 0 bridgehead atoms. The van der Waals surface area contributed by atoms with Gasteiger partial charge in [-0.05, 0) is 43.9 Å². The van der Waals surface area contributed by atoms with Crippen molar-refractivity contribution in [3.8, 4) is 0 Å². The Balaban J connectivity index is 0.00000338. The molecule has 0 saturated carbocycles. The van der Waals surface area contributed by atoms with Gasteiger partial charge in [0.05, 0.1) is 13.1 Å². The Morgan fingerprint density at radius 2 is 2.00 bits per heavy atom. The number of benzene rings is 1. The molecule has 0 radical (unpaired) electrons. The highest BCUT2D eigenvalue weighted by molar-refractivity contribution is 14.0. The van der Waals surface area contributed by atoms with Gasteiger partial charge < -0.3 is 10.6 Å². The molecule has 1 aromatic rings. The van der Waals surface area contributed by atoms with Gasteiger partial charge in [0.2, 0.25) is 0 Å². The van der Waals surface area contributed by atoms with Crippen molar-refractivity contribution < 1.29 is 13.2 Å². The molecule has 1 aliphatic heterocycles. The number of aliphatic imine (C=N–C) groups is 1. The molecule has 0 aliphatic carbocycles. The number of hydrogen-bond donors (Lipinski definition) is 2. The summed E-state index contributed by atoms with van der Waals surface area (Å²) in [4.78, 5) is 6.06. The molecular weight excluding hydrogens is 456 g/mol. The van der Waals surface area contributed by atoms with E-state index in [-0.39, 0.29) is 29.9 Å². The van der Waals surface area contributed by atoms with Crippen molar-refractivity contribution in [2.45, 2.75) is 33.0 Å². The van der Waals surface area contributed by atoms with Crippen LogP contribution in [0.2, 0.25) is 0 Å². The first-order chi connectivity index (χ1) is 11.9. The Hall–Kier alpha value is -1.03. The predicted octanol–water partition coefficient (Wildman–Crippen LogP) is 3.55. The average molecular weight is 484 g/mol. The maximum absolute atomic E-state index is 12.5. The summed E-state index contributed by atoms with van der Waals surface area (Å²) in [5.74, 6) is 0.921. The van der Waals surface area contributed by atoms with Crippen LogP contribution in [0.4, 0.5) is 13.2 Å². The van der Waals surface area contributed by atoms with Crippen LogP contribution in [0.25, 0.3) is 0 Å². The normalized spacial score (nSPS) is 18.5.